The molecule has 0 saturated heterocycles. The minimum atomic E-state index is 0.716. The third-order valence-corrected chi connectivity index (χ3v) is 3.78. The average Bonchev–Trinajstić information content (AvgIpc) is 2.70. The Morgan fingerprint density at radius 2 is 1.21 bits per heavy atom. The average molecular weight is 319 g/mol. The summed E-state index contributed by atoms with van der Waals surface area (Å²) < 4.78 is 6.12. The van der Waals surface area contributed by atoms with Crippen molar-refractivity contribution in [3.63, 3.8) is 0 Å². The molecule has 118 valence electrons. The summed E-state index contributed by atoms with van der Waals surface area (Å²) in [6.07, 6.45) is 14.2. The molecule has 1 aliphatic rings. The molecule has 0 saturated carbocycles. The summed E-state index contributed by atoms with van der Waals surface area (Å²) in [5, 5.41) is 3.98. The van der Waals surface area contributed by atoms with Crippen molar-refractivity contribution in [3.8, 4) is 0 Å². The lowest BCUT2D eigenvalue weighted by Crippen LogP contribution is -2.77. The van der Waals surface area contributed by atoms with Crippen LogP contribution in [0.2, 0.25) is 0 Å². The molecule has 0 bridgehead atoms. The van der Waals surface area contributed by atoms with Crippen molar-refractivity contribution in [3.05, 3.63) is 98.0 Å². The highest BCUT2D eigenvalue weighted by Gasteiger charge is 2.31. The van der Waals surface area contributed by atoms with Crippen molar-refractivity contribution >= 4 is 5.70 Å². The number of nitrogens with one attached hydrogen (secondary N) is 1. The molecule has 0 spiro atoms. The quantitative estimate of drug-likeness (QED) is 0.693. The van der Waals surface area contributed by atoms with Gasteiger partial charge in [0.1, 0.15) is 0 Å². The van der Waals surface area contributed by atoms with Crippen LogP contribution in [0.25, 0.3) is 5.70 Å². The van der Waals surface area contributed by atoms with Crippen LogP contribution in [0.4, 0.5) is 0 Å². The molecule has 0 radical (unpaired) electrons. The normalized spacial score (nSPS) is 14.4. The Labute approximate surface area is 140 Å². The maximum absolute atomic E-state index is 3.39. The fourth-order valence-corrected chi connectivity index (χ4v) is 2.59. The maximum Gasteiger partial charge on any atom is 0.237 e. The Morgan fingerprint density at radius 1 is 0.667 bits per heavy atom. The fourth-order valence-electron chi connectivity index (χ4n) is 2.59. The van der Waals surface area contributed by atoms with Crippen molar-refractivity contribution in [1.82, 2.24) is 5.53 Å². The van der Waals surface area contributed by atoms with Crippen molar-refractivity contribution in [2.24, 2.45) is 0 Å². The van der Waals surface area contributed by atoms with Gasteiger partial charge >= 0.3 is 0 Å². The molecule has 24 heavy (non-hydrogen) atoms. The summed E-state index contributed by atoms with van der Waals surface area (Å²) in [4.78, 5) is 0. The summed E-state index contributed by atoms with van der Waals surface area (Å²) in [5.74, 6) is 0. The van der Waals surface area contributed by atoms with Crippen molar-refractivity contribution in [2.45, 2.75) is 0 Å². The molecule has 1 N–H and O–H groups in total. The van der Waals surface area contributed by atoms with E-state index >= 15 is 0 Å². The highest BCUT2D eigenvalue weighted by Crippen LogP contribution is 2.00. The van der Waals surface area contributed by atoms with E-state index in [1.54, 1.807) is 0 Å². The summed E-state index contributed by atoms with van der Waals surface area (Å²) in [5.41, 5.74) is 4.53. The third kappa shape index (κ3) is 2.95. The molecular formula is C18H19N6+3. The zero-order valence-electron chi connectivity index (χ0n) is 13.2. The number of pyridine rings is 3. The molecule has 0 aliphatic carbocycles. The first-order valence-electron chi connectivity index (χ1n) is 7.84. The topological polar surface area (TPSA) is 30.2 Å². The van der Waals surface area contributed by atoms with E-state index in [1.165, 1.54) is 0 Å². The number of rotatable bonds is 3. The van der Waals surface area contributed by atoms with Gasteiger partial charge in [-0.1, -0.05) is 37.8 Å². The lowest BCUT2D eigenvalue weighted by atomic mass is 10.4. The Morgan fingerprint density at radius 3 is 1.83 bits per heavy atom. The molecular weight excluding hydrogens is 300 g/mol. The Bertz CT molecular complexity index is 820. The van der Waals surface area contributed by atoms with E-state index in [0.717, 1.165) is 5.70 Å². The second-order valence-corrected chi connectivity index (χ2v) is 5.42. The van der Waals surface area contributed by atoms with Gasteiger partial charge < -0.3 is 0 Å². The monoisotopic (exact) mass is 319 g/mol. The van der Waals surface area contributed by atoms with E-state index in [-0.39, 0.29) is 0 Å². The predicted molar refractivity (Wildman–Crippen MR) is 88.6 cm³/mol. The molecule has 1 aliphatic heterocycles. The molecule has 3 aromatic rings. The number of hydrazine groups is 2. The molecule has 6 nitrogen and oxygen atoms in total. The second-order valence-electron chi connectivity index (χ2n) is 5.42. The van der Waals surface area contributed by atoms with Crippen LogP contribution in [0.5, 0.6) is 0 Å². The smallest absolute Gasteiger partial charge is 0.167 e. The first-order valence-corrected chi connectivity index (χ1v) is 7.84. The van der Waals surface area contributed by atoms with E-state index < -0.39 is 0 Å². The van der Waals surface area contributed by atoms with E-state index in [0.29, 0.717) is 6.54 Å². The van der Waals surface area contributed by atoms with Crippen molar-refractivity contribution < 1.29 is 13.9 Å². The number of hydrogen-bond donors (Lipinski definition) is 1. The molecule has 0 aromatic carbocycles. The van der Waals surface area contributed by atoms with E-state index in [4.69, 9.17) is 0 Å². The van der Waals surface area contributed by atoms with Crippen LogP contribution < -0.4 is 29.7 Å². The molecule has 4 rings (SSSR count). The number of nitrogens with zero attached hydrogens (tertiary/aromatic N) is 5. The van der Waals surface area contributed by atoms with Gasteiger partial charge in [0.15, 0.2) is 25.1 Å². The zero-order chi connectivity index (χ0) is 16.2. The molecule has 0 fully saturated rings. The van der Waals surface area contributed by atoms with Gasteiger partial charge in [-0.25, -0.2) is 0 Å². The van der Waals surface area contributed by atoms with Crippen molar-refractivity contribution in [2.75, 3.05) is 16.8 Å². The van der Waals surface area contributed by atoms with Crippen LogP contribution in [-0.4, -0.2) is 6.54 Å². The van der Waals surface area contributed by atoms with Gasteiger partial charge in [0.05, 0.1) is 0 Å². The minimum absolute atomic E-state index is 0.716. The van der Waals surface area contributed by atoms with Gasteiger partial charge in [0, 0.05) is 36.4 Å². The van der Waals surface area contributed by atoms with Gasteiger partial charge in [0.25, 0.3) is 0 Å². The van der Waals surface area contributed by atoms with Crippen LogP contribution in [0.15, 0.2) is 98.0 Å². The van der Waals surface area contributed by atoms with Crippen LogP contribution in [-0.2, 0) is 0 Å². The van der Waals surface area contributed by atoms with Crippen LogP contribution in [0.1, 0.15) is 0 Å². The summed E-state index contributed by atoms with van der Waals surface area (Å²) in [6.45, 7) is 0.716. The third-order valence-electron chi connectivity index (χ3n) is 3.78. The molecule has 0 unspecified atom stereocenters. The lowest BCUT2D eigenvalue weighted by molar-refractivity contribution is -0.732. The van der Waals surface area contributed by atoms with Crippen LogP contribution in [0, 0.1) is 0 Å². The second kappa shape index (κ2) is 6.47. The maximum atomic E-state index is 3.39. The van der Waals surface area contributed by atoms with Crippen LogP contribution in [0.3, 0.4) is 0 Å². The number of hydrogen-bond acceptors (Lipinski definition) is 3. The summed E-state index contributed by atoms with van der Waals surface area (Å²) >= 11 is 0. The SMILES string of the molecule is C1=C([n+]2ccccc2)CN([n+]2ccccc2)NN1[n+]1ccccc1. The molecule has 6 heteroatoms. The lowest BCUT2D eigenvalue weighted by Gasteiger charge is -2.25. The van der Waals surface area contributed by atoms with Gasteiger partial charge in [0.2, 0.25) is 30.5 Å². The van der Waals surface area contributed by atoms with Gasteiger partial charge in [-0.05, 0) is 5.53 Å². The van der Waals surface area contributed by atoms with Crippen LogP contribution >= 0.6 is 0 Å². The Kier molecular flexibility index (Phi) is 3.87. The van der Waals surface area contributed by atoms with Gasteiger partial charge in [-0.15, -0.1) is 0 Å². The standard InChI is InChI=1S/C18H19N6/c1-4-10-20(11-5-1)18-16-23(21-12-6-2-7-13-21)19-24(17-18)22-14-8-3-9-15-22/h1-16,19H,17H2/q+3. The Hall–Kier alpha value is -3.25. The Balaban J connectivity index is 1.73. The largest absolute Gasteiger partial charge is 0.237 e. The molecule has 0 atom stereocenters. The summed E-state index contributed by atoms with van der Waals surface area (Å²) in [6, 6.07) is 18.1. The first kappa shape index (κ1) is 14.3. The van der Waals surface area contributed by atoms with E-state index in [9.17, 15) is 0 Å². The zero-order valence-corrected chi connectivity index (χ0v) is 13.2. The minimum Gasteiger partial charge on any atom is -0.167 e. The van der Waals surface area contributed by atoms with Gasteiger partial charge in [-0.2, -0.15) is 4.57 Å². The molecule has 4 heterocycles. The predicted octanol–water partition coefficient (Wildman–Crippen LogP) is 0.0571. The fraction of sp³-hybridized carbons (Fsp3) is 0.0556. The highest BCUT2D eigenvalue weighted by molar-refractivity contribution is 5.40. The highest BCUT2D eigenvalue weighted by atomic mass is 16.0. The summed E-state index contributed by atoms with van der Waals surface area (Å²) in [7, 11) is 0. The van der Waals surface area contributed by atoms with Crippen molar-refractivity contribution in [1.29, 1.82) is 0 Å². The number of aromatic nitrogens is 3. The molecule has 3 aromatic heterocycles. The van der Waals surface area contributed by atoms with E-state index in [1.807, 2.05) is 99.0 Å². The van der Waals surface area contributed by atoms with E-state index in [2.05, 4.69) is 28.7 Å². The van der Waals surface area contributed by atoms with Gasteiger partial charge in [-0.3, -0.25) is 0 Å². The first-order chi connectivity index (χ1) is 11.9. The molecule has 0 amide bonds.